The maximum absolute atomic E-state index is 4.42. The first-order valence-electron chi connectivity index (χ1n) is 8.26. The number of benzene rings is 1. The minimum atomic E-state index is 0.758. The van der Waals surface area contributed by atoms with Gasteiger partial charge in [0.15, 0.2) is 5.65 Å². The highest BCUT2D eigenvalue weighted by Crippen LogP contribution is 2.29. The second kappa shape index (κ2) is 5.76. The van der Waals surface area contributed by atoms with Gasteiger partial charge in [0, 0.05) is 34.9 Å². The van der Waals surface area contributed by atoms with Crippen molar-refractivity contribution in [2.75, 3.05) is 13.6 Å². The van der Waals surface area contributed by atoms with E-state index in [1.54, 1.807) is 0 Å². The number of aromatic amines is 2. The van der Waals surface area contributed by atoms with E-state index in [4.69, 9.17) is 0 Å². The first-order chi connectivity index (χ1) is 11.6. The van der Waals surface area contributed by atoms with Crippen molar-refractivity contribution in [3.63, 3.8) is 0 Å². The van der Waals surface area contributed by atoms with Crippen molar-refractivity contribution in [3.8, 4) is 11.3 Å². The maximum Gasteiger partial charge on any atom is 0.178 e. The van der Waals surface area contributed by atoms with Crippen molar-refractivity contribution in [2.24, 2.45) is 0 Å². The van der Waals surface area contributed by atoms with Gasteiger partial charge in [-0.3, -0.25) is 0 Å². The predicted octanol–water partition coefficient (Wildman–Crippen LogP) is 3.87. The molecule has 4 rings (SSSR count). The van der Waals surface area contributed by atoms with Gasteiger partial charge in [-0.2, -0.15) is 0 Å². The van der Waals surface area contributed by atoms with Crippen molar-refractivity contribution in [2.45, 2.75) is 20.4 Å². The lowest BCUT2D eigenvalue weighted by Crippen LogP contribution is -2.16. The first-order valence-corrected chi connectivity index (χ1v) is 8.26. The molecule has 0 aliphatic rings. The Morgan fingerprint density at radius 2 is 2.00 bits per heavy atom. The fraction of sp³-hybridized carbons (Fsp3) is 0.263. The Hall–Kier alpha value is -2.66. The van der Waals surface area contributed by atoms with Gasteiger partial charge < -0.3 is 14.9 Å². The Morgan fingerprint density at radius 1 is 1.12 bits per heavy atom. The molecule has 122 valence electrons. The van der Waals surface area contributed by atoms with Crippen LogP contribution in [-0.2, 0) is 6.54 Å². The minimum absolute atomic E-state index is 0.758. The van der Waals surface area contributed by atoms with E-state index in [2.05, 4.69) is 63.1 Å². The van der Waals surface area contributed by atoms with E-state index < -0.39 is 0 Å². The summed E-state index contributed by atoms with van der Waals surface area (Å²) >= 11 is 0. The van der Waals surface area contributed by atoms with E-state index in [1.165, 1.54) is 10.9 Å². The van der Waals surface area contributed by atoms with E-state index >= 15 is 0 Å². The molecule has 3 aromatic heterocycles. The average molecular weight is 319 g/mol. The Morgan fingerprint density at radius 3 is 2.83 bits per heavy atom. The van der Waals surface area contributed by atoms with Gasteiger partial charge in [0.25, 0.3) is 0 Å². The molecule has 4 aromatic rings. The lowest BCUT2D eigenvalue weighted by Gasteiger charge is -2.13. The molecule has 0 radical (unpaired) electrons. The lowest BCUT2D eigenvalue weighted by atomic mass is 10.1. The molecule has 0 fully saturated rings. The quantitative estimate of drug-likeness (QED) is 0.600. The van der Waals surface area contributed by atoms with E-state index in [9.17, 15) is 0 Å². The van der Waals surface area contributed by atoms with Crippen LogP contribution in [0, 0.1) is 6.92 Å². The Bertz CT molecular complexity index is 1010. The smallest absolute Gasteiger partial charge is 0.178 e. The summed E-state index contributed by atoms with van der Waals surface area (Å²) in [5.41, 5.74) is 6.40. The largest absolute Gasteiger partial charge is 0.354 e. The van der Waals surface area contributed by atoms with Crippen LogP contribution < -0.4 is 0 Å². The molecule has 5 nitrogen and oxygen atoms in total. The Labute approximate surface area is 140 Å². The number of H-pyrrole nitrogens is 2. The maximum atomic E-state index is 4.42. The number of nitrogens with one attached hydrogen (secondary N) is 2. The zero-order valence-electron chi connectivity index (χ0n) is 14.2. The summed E-state index contributed by atoms with van der Waals surface area (Å²) in [4.78, 5) is 17.9. The Kier molecular flexibility index (Phi) is 3.58. The monoisotopic (exact) mass is 319 g/mol. The molecular formula is C19H21N5. The number of rotatable bonds is 4. The first kappa shape index (κ1) is 14.9. The summed E-state index contributed by atoms with van der Waals surface area (Å²) in [7, 11) is 2.14. The summed E-state index contributed by atoms with van der Waals surface area (Å²) < 4.78 is 0. The van der Waals surface area contributed by atoms with Crippen LogP contribution in [0.2, 0.25) is 0 Å². The zero-order chi connectivity index (χ0) is 16.7. The predicted molar refractivity (Wildman–Crippen MR) is 97.9 cm³/mol. The molecule has 1 aromatic carbocycles. The van der Waals surface area contributed by atoms with Crippen molar-refractivity contribution in [3.05, 3.63) is 47.9 Å². The summed E-state index contributed by atoms with van der Waals surface area (Å²) in [5, 5.41) is 1.23. The third kappa shape index (κ3) is 2.57. The standard InChI is InChI=1S/C19H21N5/c1-4-24(3)11-13-5-6-16-14(9-13)10-17(23-16)15-7-8-20-19-18(15)21-12(2)22-19/h5-10,23H,4,11H2,1-3H3,(H,20,21,22). The number of imidazole rings is 1. The molecule has 0 bridgehead atoms. The normalized spacial score (nSPS) is 11.8. The minimum Gasteiger partial charge on any atom is -0.354 e. The number of hydrogen-bond donors (Lipinski definition) is 2. The number of aromatic nitrogens is 4. The molecule has 0 spiro atoms. The second-order valence-electron chi connectivity index (χ2n) is 6.31. The number of hydrogen-bond acceptors (Lipinski definition) is 3. The van der Waals surface area contributed by atoms with Crippen LogP contribution in [0.4, 0.5) is 0 Å². The van der Waals surface area contributed by atoms with Crippen LogP contribution in [0.5, 0.6) is 0 Å². The number of pyridine rings is 1. The third-order valence-corrected chi connectivity index (χ3v) is 4.48. The number of aryl methyl sites for hydroxylation is 1. The number of nitrogens with zero attached hydrogens (tertiary/aromatic N) is 3. The van der Waals surface area contributed by atoms with Crippen LogP contribution in [0.3, 0.4) is 0 Å². The fourth-order valence-corrected chi connectivity index (χ4v) is 3.10. The highest BCUT2D eigenvalue weighted by Gasteiger charge is 2.11. The molecule has 0 saturated heterocycles. The average Bonchev–Trinajstić information content (AvgIpc) is 3.15. The fourth-order valence-electron chi connectivity index (χ4n) is 3.10. The van der Waals surface area contributed by atoms with Crippen LogP contribution in [0.25, 0.3) is 33.3 Å². The van der Waals surface area contributed by atoms with E-state index in [0.29, 0.717) is 0 Å². The van der Waals surface area contributed by atoms with Crippen molar-refractivity contribution in [1.29, 1.82) is 0 Å². The van der Waals surface area contributed by atoms with Crippen molar-refractivity contribution < 1.29 is 0 Å². The molecule has 0 aliphatic heterocycles. The van der Waals surface area contributed by atoms with Crippen LogP contribution in [-0.4, -0.2) is 38.4 Å². The van der Waals surface area contributed by atoms with Crippen molar-refractivity contribution in [1.82, 2.24) is 24.8 Å². The SMILES string of the molecule is CCN(C)Cc1ccc2[nH]c(-c3ccnc4nc(C)[nH]c34)cc2c1. The molecule has 0 aliphatic carbocycles. The van der Waals surface area contributed by atoms with Crippen LogP contribution in [0.1, 0.15) is 18.3 Å². The van der Waals surface area contributed by atoms with Crippen LogP contribution in [0.15, 0.2) is 36.5 Å². The number of fused-ring (bicyclic) bond motifs is 2. The van der Waals surface area contributed by atoms with E-state index in [1.807, 2.05) is 19.2 Å². The third-order valence-electron chi connectivity index (χ3n) is 4.48. The zero-order valence-corrected chi connectivity index (χ0v) is 14.2. The summed E-state index contributed by atoms with van der Waals surface area (Å²) in [5.74, 6) is 0.881. The van der Waals surface area contributed by atoms with Gasteiger partial charge in [0.05, 0.1) is 5.52 Å². The molecule has 0 unspecified atom stereocenters. The molecule has 2 N–H and O–H groups in total. The molecule has 0 amide bonds. The highest BCUT2D eigenvalue weighted by atomic mass is 15.1. The summed E-state index contributed by atoms with van der Waals surface area (Å²) in [6, 6.07) is 10.8. The van der Waals surface area contributed by atoms with Gasteiger partial charge in [-0.25, -0.2) is 9.97 Å². The van der Waals surface area contributed by atoms with Gasteiger partial charge >= 0.3 is 0 Å². The summed E-state index contributed by atoms with van der Waals surface area (Å²) in [6.07, 6.45) is 1.81. The molecule has 0 saturated carbocycles. The molecule has 0 atom stereocenters. The van der Waals surface area contributed by atoms with Crippen molar-refractivity contribution >= 4 is 22.1 Å². The highest BCUT2D eigenvalue weighted by molar-refractivity contribution is 5.94. The van der Waals surface area contributed by atoms with E-state index in [-0.39, 0.29) is 0 Å². The molecule has 24 heavy (non-hydrogen) atoms. The van der Waals surface area contributed by atoms with Gasteiger partial charge in [-0.15, -0.1) is 0 Å². The van der Waals surface area contributed by atoms with Gasteiger partial charge in [0.1, 0.15) is 5.82 Å². The molecular weight excluding hydrogens is 298 g/mol. The van der Waals surface area contributed by atoms with Gasteiger partial charge in [0.2, 0.25) is 0 Å². The van der Waals surface area contributed by atoms with Gasteiger partial charge in [-0.1, -0.05) is 13.0 Å². The Balaban J connectivity index is 1.79. The summed E-state index contributed by atoms with van der Waals surface area (Å²) in [6.45, 7) is 6.14. The van der Waals surface area contributed by atoms with Gasteiger partial charge in [-0.05, 0) is 50.3 Å². The van der Waals surface area contributed by atoms with Crippen LogP contribution >= 0.6 is 0 Å². The topological polar surface area (TPSA) is 60.6 Å². The molecule has 3 heterocycles. The lowest BCUT2D eigenvalue weighted by molar-refractivity contribution is 0.346. The van der Waals surface area contributed by atoms with E-state index in [0.717, 1.165) is 46.9 Å². The second-order valence-corrected chi connectivity index (χ2v) is 6.31. The molecule has 5 heteroatoms.